The first-order valence-electron chi connectivity index (χ1n) is 6.60. The van der Waals surface area contributed by atoms with Gasteiger partial charge < -0.3 is 19.7 Å². The van der Waals surface area contributed by atoms with Gasteiger partial charge in [-0.05, 0) is 25.1 Å². The first-order valence-corrected chi connectivity index (χ1v) is 6.60. The van der Waals surface area contributed by atoms with E-state index in [1.165, 1.54) is 0 Å². The number of nitrogens with zero attached hydrogens (tertiary/aromatic N) is 1. The number of phenolic OH excluding ortho intramolecular Hbond substituents is 1. The molecule has 20 heavy (non-hydrogen) atoms. The monoisotopic (exact) mass is 272 g/mol. The smallest absolute Gasteiger partial charge is 0.250 e. The van der Waals surface area contributed by atoms with Gasteiger partial charge >= 0.3 is 0 Å². The van der Waals surface area contributed by atoms with Crippen molar-refractivity contribution in [2.24, 2.45) is 0 Å². The number of hydrogen-bond acceptors (Lipinski definition) is 4. The molecule has 5 heteroatoms. The van der Waals surface area contributed by atoms with E-state index in [1.807, 2.05) is 13.0 Å². The Morgan fingerprint density at radius 1 is 1.40 bits per heavy atom. The number of benzene rings is 1. The van der Waals surface area contributed by atoms with Crippen LogP contribution in [0.3, 0.4) is 0 Å². The summed E-state index contributed by atoms with van der Waals surface area (Å²) in [6, 6.07) is 8.46. The predicted molar refractivity (Wildman–Crippen MR) is 76.3 cm³/mol. The topological polar surface area (TPSA) is 63.5 Å². The highest BCUT2D eigenvalue weighted by atomic mass is 16.5. The molecule has 2 heterocycles. The molecule has 0 bridgehead atoms. The van der Waals surface area contributed by atoms with Gasteiger partial charge in [0.2, 0.25) is 0 Å². The number of aromatic nitrogens is 1. The van der Waals surface area contributed by atoms with Gasteiger partial charge in [-0.15, -0.1) is 0 Å². The third-order valence-electron chi connectivity index (χ3n) is 3.44. The molecule has 2 N–H and O–H groups in total. The maximum atomic E-state index is 11.6. The van der Waals surface area contributed by atoms with Crippen molar-refractivity contribution in [2.75, 3.05) is 11.9 Å². The SMILES string of the molecule is CCn1cc(NC2COc3cc(O)ccc32)ccc1=O. The maximum Gasteiger partial charge on any atom is 0.250 e. The standard InChI is InChI=1S/C15H16N2O3/c1-2-17-8-10(3-6-15(17)19)16-13-9-20-14-7-11(18)4-5-12(13)14/h3-8,13,16,18H,2,9H2,1H3. The first-order chi connectivity index (χ1) is 9.67. The average molecular weight is 272 g/mol. The number of pyridine rings is 1. The highest BCUT2D eigenvalue weighted by Crippen LogP contribution is 2.36. The van der Waals surface area contributed by atoms with Crippen LogP contribution < -0.4 is 15.6 Å². The highest BCUT2D eigenvalue weighted by Gasteiger charge is 2.24. The summed E-state index contributed by atoms with van der Waals surface area (Å²) in [5, 5.41) is 12.8. The van der Waals surface area contributed by atoms with Crippen molar-refractivity contribution in [1.29, 1.82) is 0 Å². The van der Waals surface area contributed by atoms with Gasteiger partial charge in [0.15, 0.2) is 0 Å². The number of rotatable bonds is 3. The zero-order chi connectivity index (χ0) is 14.1. The van der Waals surface area contributed by atoms with Gasteiger partial charge in [-0.1, -0.05) is 0 Å². The molecule has 0 fully saturated rings. The Balaban J connectivity index is 1.85. The minimum atomic E-state index is -0.00829. The van der Waals surface area contributed by atoms with Crippen molar-refractivity contribution in [3.05, 3.63) is 52.4 Å². The van der Waals surface area contributed by atoms with E-state index in [2.05, 4.69) is 5.32 Å². The van der Waals surface area contributed by atoms with Crippen molar-refractivity contribution < 1.29 is 9.84 Å². The molecule has 3 rings (SSSR count). The quantitative estimate of drug-likeness (QED) is 0.898. The molecule has 1 unspecified atom stereocenters. The predicted octanol–water partition coefficient (Wildman–Crippen LogP) is 2.12. The fourth-order valence-corrected chi connectivity index (χ4v) is 2.38. The summed E-state index contributed by atoms with van der Waals surface area (Å²) >= 11 is 0. The summed E-state index contributed by atoms with van der Waals surface area (Å²) in [7, 11) is 0. The Labute approximate surface area is 116 Å². The lowest BCUT2D eigenvalue weighted by atomic mass is 10.1. The Hall–Kier alpha value is -2.43. The summed E-state index contributed by atoms with van der Waals surface area (Å²) in [5.41, 5.74) is 1.88. The van der Waals surface area contributed by atoms with Crippen molar-refractivity contribution in [3.63, 3.8) is 0 Å². The molecule has 0 radical (unpaired) electrons. The summed E-state index contributed by atoms with van der Waals surface area (Å²) in [6.07, 6.45) is 1.81. The summed E-state index contributed by atoms with van der Waals surface area (Å²) in [6.45, 7) is 3.08. The summed E-state index contributed by atoms with van der Waals surface area (Å²) < 4.78 is 7.20. The van der Waals surface area contributed by atoms with Crippen molar-refractivity contribution in [3.8, 4) is 11.5 Å². The number of hydrogen-bond donors (Lipinski definition) is 2. The molecule has 0 spiro atoms. The van der Waals surface area contributed by atoms with E-state index < -0.39 is 0 Å². The van der Waals surface area contributed by atoms with Crippen molar-refractivity contribution in [1.82, 2.24) is 4.57 Å². The van der Waals surface area contributed by atoms with Crippen LogP contribution in [0.25, 0.3) is 0 Å². The summed E-state index contributed by atoms with van der Waals surface area (Å²) in [4.78, 5) is 11.6. The molecular formula is C15H16N2O3. The molecule has 1 atom stereocenters. The molecule has 1 aliphatic rings. The van der Waals surface area contributed by atoms with E-state index >= 15 is 0 Å². The molecular weight excluding hydrogens is 256 g/mol. The van der Waals surface area contributed by atoms with Gasteiger partial charge in [-0.3, -0.25) is 4.79 Å². The van der Waals surface area contributed by atoms with Crippen LogP contribution in [0.4, 0.5) is 5.69 Å². The lowest BCUT2D eigenvalue weighted by Crippen LogP contribution is -2.19. The van der Waals surface area contributed by atoms with Crippen LogP contribution in [0.1, 0.15) is 18.5 Å². The van der Waals surface area contributed by atoms with E-state index in [0.29, 0.717) is 18.9 Å². The van der Waals surface area contributed by atoms with Crippen LogP contribution in [0.5, 0.6) is 11.5 Å². The molecule has 0 amide bonds. The third-order valence-corrected chi connectivity index (χ3v) is 3.44. The molecule has 0 saturated heterocycles. The third kappa shape index (κ3) is 2.22. The van der Waals surface area contributed by atoms with Gasteiger partial charge in [-0.25, -0.2) is 0 Å². The van der Waals surface area contributed by atoms with E-state index in [9.17, 15) is 9.90 Å². The normalized spacial score (nSPS) is 16.6. The van der Waals surface area contributed by atoms with E-state index in [-0.39, 0.29) is 17.4 Å². The van der Waals surface area contributed by atoms with Gasteiger partial charge in [0.05, 0.1) is 11.7 Å². The molecule has 0 saturated carbocycles. The Morgan fingerprint density at radius 3 is 3.05 bits per heavy atom. The minimum Gasteiger partial charge on any atom is -0.508 e. The Kier molecular flexibility index (Phi) is 3.10. The van der Waals surface area contributed by atoms with Crippen LogP contribution in [0, 0.1) is 0 Å². The number of fused-ring (bicyclic) bond motifs is 1. The van der Waals surface area contributed by atoms with Crippen LogP contribution in [0.15, 0.2) is 41.3 Å². The Morgan fingerprint density at radius 2 is 2.25 bits per heavy atom. The van der Waals surface area contributed by atoms with E-state index in [1.54, 1.807) is 35.0 Å². The van der Waals surface area contributed by atoms with Crippen molar-refractivity contribution in [2.45, 2.75) is 19.5 Å². The van der Waals surface area contributed by atoms with Crippen LogP contribution in [0.2, 0.25) is 0 Å². The second kappa shape index (κ2) is 4.92. The fourth-order valence-electron chi connectivity index (χ4n) is 2.38. The second-order valence-corrected chi connectivity index (χ2v) is 4.77. The number of phenols is 1. The van der Waals surface area contributed by atoms with Gasteiger partial charge in [0, 0.05) is 30.4 Å². The molecule has 104 valence electrons. The first kappa shape index (κ1) is 12.6. The number of aryl methyl sites for hydroxylation is 1. The largest absolute Gasteiger partial charge is 0.508 e. The zero-order valence-electron chi connectivity index (χ0n) is 11.2. The Bertz CT molecular complexity index is 694. The number of anilines is 1. The van der Waals surface area contributed by atoms with Crippen LogP contribution >= 0.6 is 0 Å². The van der Waals surface area contributed by atoms with E-state index in [4.69, 9.17) is 4.74 Å². The van der Waals surface area contributed by atoms with Gasteiger partial charge in [-0.2, -0.15) is 0 Å². The molecule has 1 aliphatic heterocycles. The molecule has 2 aromatic rings. The van der Waals surface area contributed by atoms with Crippen LogP contribution in [-0.4, -0.2) is 16.3 Å². The lowest BCUT2D eigenvalue weighted by molar-refractivity contribution is 0.338. The molecule has 5 nitrogen and oxygen atoms in total. The number of aromatic hydroxyl groups is 1. The van der Waals surface area contributed by atoms with E-state index in [0.717, 1.165) is 11.3 Å². The molecule has 0 aliphatic carbocycles. The van der Waals surface area contributed by atoms with Crippen LogP contribution in [-0.2, 0) is 6.54 Å². The van der Waals surface area contributed by atoms with Gasteiger partial charge in [0.25, 0.3) is 5.56 Å². The maximum absolute atomic E-state index is 11.6. The minimum absolute atomic E-state index is 0.00829. The van der Waals surface area contributed by atoms with Gasteiger partial charge in [0.1, 0.15) is 18.1 Å². The second-order valence-electron chi connectivity index (χ2n) is 4.77. The molecule has 1 aromatic heterocycles. The van der Waals surface area contributed by atoms with Crippen molar-refractivity contribution >= 4 is 5.69 Å². The molecule has 1 aromatic carbocycles. The fraction of sp³-hybridized carbons (Fsp3) is 0.267. The number of ether oxygens (including phenoxy) is 1. The lowest BCUT2D eigenvalue weighted by Gasteiger charge is -2.14. The zero-order valence-corrected chi connectivity index (χ0v) is 11.2. The average Bonchev–Trinajstić information content (AvgIpc) is 2.83. The summed E-state index contributed by atoms with van der Waals surface area (Å²) in [5.74, 6) is 0.898. The highest BCUT2D eigenvalue weighted by molar-refractivity contribution is 5.50. The number of nitrogens with one attached hydrogen (secondary N) is 1.